The lowest BCUT2D eigenvalue weighted by Crippen LogP contribution is -2.44. The highest BCUT2D eigenvalue weighted by Gasteiger charge is 2.12. The zero-order valence-corrected chi connectivity index (χ0v) is 19.1. The second kappa shape index (κ2) is 9.77. The van der Waals surface area contributed by atoms with E-state index < -0.39 is 17.4 Å². The van der Waals surface area contributed by atoms with Gasteiger partial charge in [-0.1, -0.05) is 53.4 Å². The molecule has 0 spiro atoms. The van der Waals surface area contributed by atoms with E-state index in [1.165, 1.54) is 0 Å². The summed E-state index contributed by atoms with van der Waals surface area (Å²) in [7, 11) is 0. The van der Waals surface area contributed by atoms with Crippen LogP contribution in [0.3, 0.4) is 0 Å². The Morgan fingerprint density at radius 1 is 0.914 bits per heavy atom. The van der Waals surface area contributed by atoms with E-state index in [1.54, 1.807) is 48.2 Å². The highest BCUT2D eigenvalue weighted by Crippen LogP contribution is 2.23. The molecule has 2 heterocycles. The van der Waals surface area contributed by atoms with Crippen molar-refractivity contribution in [3.8, 4) is 0 Å². The molecule has 0 aliphatic heterocycles. The SMILES string of the molecule is O=C(Cn1nnc2ccccc2c1=O)NNC(=O)c1ccc(CSc2nc3ccccc3[nH]2)cc1. The second-order valence-corrected chi connectivity index (χ2v) is 8.58. The lowest BCUT2D eigenvalue weighted by Gasteiger charge is -2.09. The fraction of sp³-hybridized carbons (Fsp3) is 0.0833. The van der Waals surface area contributed by atoms with Gasteiger partial charge in [-0.2, -0.15) is 0 Å². The number of H-pyrrole nitrogens is 1. The average molecular weight is 486 g/mol. The molecule has 3 aromatic carbocycles. The minimum atomic E-state index is -0.608. The average Bonchev–Trinajstić information content (AvgIpc) is 3.31. The van der Waals surface area contributed by atoms with Gasteiger partial charge in [-0.3, -0.25) is 25.2 Å². The van der Waals surface area contributed by atoms with Gasteiger partial charge in [0.1, 0.15) is 12.1 Å². The molecule has 11 heteroatoms. The van der Waals surface area contributed by atoms with Crippen molar-refractivity contribution in [3.05, 3.63) is 94.3 Å². The molecule has 2 aromatic heterocycles. The van der Waals surface area contributed by atoms with E-state index in [1.807, 2.05) is 36.4 Å². The molecule has 0 atom stereocenters. The maximum absolute atomic E-state index is 12.4. The summed E-state index contributed by atoms with van der Waals surface area (Å²) in [6.45, 7) is -0.380. The van der Waals surface area contributed by atoms with E-state index in [9.17, 15) is 14.4 Å². The van der Waals surface area contributed by atoms with Gasteiger partial charge in [-0.25, -0.2) is 9.67 Å². The third-order valence-electron chi connectivity index (χ3n) is 5.20. The van der Waals surface area contributed by atoms with Crippen molar-refractivity contribution in [1.29, 1.82) is 0 Å². The topological polar surface area (TPSA) is 135 Å². The van der Waals surface area contributed by atoms with Crippen LogP contribution in [0.15, 0.2) is 82.7 Å². The van der Waals surface area contributed by atoms with E-state index >= 15 is 0 Å². The van der Waals surface area contributed by atoms with Crippen molar-refractivity contribution in [2.75, 3.05) is 0 Å². The number of benzene rings is 3. The van der Waals surface area contributed by atoms with Crippen LogP contribution in [0.4, 0.5) is 0 Å². The Balaban J connectivity index is 1.14. The number of aromatic amines is 1. The van der Waals surface area contributed by atoms with Crippen LogP contribution in [0.1, 0.15) is 15.9 Å². The summed E-state index contributed by atoms with van der Waals surface area (Å²) in [6.07, 6.45) is 0. The molecule has 0 unspecified atom stereocenters. The number of fused-ring (bicyclic) bond motifs is 2. The summed E-state index contributed by atoms with van der Waals surface area (Å²) in [5, 5.41) is 8.88. The number of hydrogen-bond acceptors (Lipinski definition) is 7. The van der Waals surface area contributed by atoms with Gasteiger partial charge in [0.15, 0.2) is 5.16 Å². The van der Waals surface area contributed by atoms with E-state index in [-0.39, 0.29) is 6.54 Å². The van der Waals surface area contributed by atoms with E-state index in [2.05, 4.69) is 31.1 Å². The number of para-hydroxylation sites is 2. The number of hydrogen-bond donors (Lipinski definition) is 3. The first-order chi connectivity index (χ1) is 17.1. The lowest BCUT2D eigenvalue weighted by atomic mass is 10.1. The Morgan fingerprint density at radius 3 is 2.46 bits per heavy atom. The summed E-state index contributed by atoms with van der Waals surface area (Å²) in [4.78, 5) is 44.8. The summed E-state index contributed by atoms with van der Waals surface area (Å²) >= 11 is 1.57. The molecular weight excluding hydrogens is 466 g/mol. The number of imidazole rings is 1. The van der Waals surface area contributed by atoms with Crippen LogP contribution in [0, 0.1) is 0 Å². The molecular formula is C24H19N7O3S. The van der Waals surface area contributed by atoms with Crippen molar-refractivity contribution in [1.82, 2.24) is 35.8 Å². The van der Waals surface area contributed by atoms with Crippen molar-refractivity contribution >= 4 is 45.5 Å². The third kappa shape index (κ3) is 5.04. The van der Waals surface area contributed by atoms with Crippen molar-refractivity contribution in [2.24, 2.45) is 0 Å². The molecule has 174 valence electrons. The number of nitrogens with one attached hydrogen (secondary N) is 3. The number of aromatic nitrogens is 5. The Morgan fingerprint density at radius 2 is 1.66 bits per heavy atom. The standard InChI is InChI=1S/C24H19N7O3S/c32-21(13-31-23(34)17-5-1-2-6-18(17)27-30-31)28-29-22(33)16-11-9-15(10-12-16)14-35-24-25-19-7-3-4-8-20(19)26-24/h1-12H,13-14H2,(H,25,26)(H,28,32)(H,29,33). The first kappa shape index (κ1) is 22.3. The van der Waals surface area contributed by atoms with Gasteiger partial charge < -0.3 is 4.98 Å². The number of amides is 2. The van der Waals surface area contributed by atoms with E-state index in [4.69, 9.17) is 0 Å². The second-order valence-electron chi connectivity index (χ2n) is 7.62. The van der Waals surface area contributed by atoms with Crippen molar-refractivity contribution < 1.29 is 9.59 Å². The summed E-state index contributed by atoms with van der Waals surface area (Å²) in [5.74, 6) is -0.407. The maximum Gasteiger partial charge on any atom is 0.278 e. The Labute approximate surface area is 202 Å². The molecule has 0 fully saturated rings. The quantitative estimate of drug-likeness (QED) is 0.248. The van der Waals surface area contributed by atoms with Crippen molar-refractivity contribution in [3.63, 3.8) is 0 Å². The third-order valence-corrected chi connectivity index (χ3v) is 6.14. The van der Waals surface area contributed by atoms with E-state index in [0.29, 0.717) is 22.2 Å². The molecule has 2 amide bonds. The molecule has 0 aliphatic carbocycles. The number of carbonyl (C=O) groups is 2. The molecule has 0 saturated heterocycles. The Bertz CT molecular complexity index is 1560. The first-order valence-corrected chi connectivity index (χ1v) is 11.6. The van der Waals surface area contributed by atoms with Crippen molar-refractivity contribution in [2.45, 2.75) is 17.5 Å². The summed E-state index contributed by atoms with van der Waals surface area (Å²) < 4.78 is 0.943. The van der Waals surface area contributed by atoms with Gasteiger partial charge >= 0.3 is 0 Å². The number of hydrazine groups is 1. The smallest absolute Gasteiger partial charge is 0.278 e. The van der Waals surface area contributed by atoms with Gasteiger partial charge in [0.05, 0.1) is 16.4 Å². The Hall–Kier alpha value is -4.51. The monoisotopic (exact) mass is 485 g/mol. The van der Waals surface area contributed by atoms with Gasteiger partial charge in [0, 0.05) is 11.3 Å². The number of carbonyl (C=O) groups excluding carboxylic acids is 2. The van der Waals surface area contributed by atoms with Crippen LogP contribution in [0.25, 0.3) is 21.9 Å². The lowest BCUT2D eigenvalue weighted by molar-refractivity contribution is -0.122. The van der Waals surface area contributed by atoms with Gasteiger partial charge in [-0.15, -0.1) is 5.10 Å². The minimum Gasteiger partial charge on any atom is -0.333 e. The molecule has 0 radical (unpaired) electrons. The highest BCUT2D eigenvalue weighted by atomic mass is 32.2. The van der Waals surface area contributed by atoms with E-state index in [0.717, 1.165) is 26.4 Å². The predicted octanol–water partition coefficient (Wildman–Crippen LogP) is 2.42. The number of thioether (sulfide) groups is 1. The van der Waals surface area contributed by atoms with Crippen LogP contribution in [0.5, 0.6) is 0 Å². The fourth-order valence-electron chi connectivity index (χ4n) is 3.40. The van der Waals surface area contributed by atoms with Gasteiger partial charge in [0.2, 0.25) is 0 Å². The van der Waals surface area contributed by atoms with Crippen LogP contribution in [0.2, 0.25) is 0 Å². The summed E-state index contributed by atoms with van der Waals surface area (Å²) in [6, 6.07) is 21.6. The molecule has 10 nitrogen and oxygen atoms in total. The zero-order chi connectivity index (χ0) is 24.2. The van der Waals surface area contributed by atoms with Crippen LogP contribution in [-0.4, -0.2) is 36.8 Å². The normalized spacial score (nSPS) is 11.0. The van der Waals surface area contributed by atoms with Crippen LogP contribution < -0.4 is 16.4 Å². The fourth-order valence-corrected chi connectivity index (χ4v) is 4.24. The Kier molecular flexibility index (Phi) is 6.22. The molecule has 0 bridgehead atoms. The van der Waals surface area contributed by atoms with Gasteiger partial charge in [0.25, 0.3) is 17.4 Å². The first-order valence-electron chi connectivity index (χ1n) is 10.6. The molecule has 5 rings (SSSR count). The number of rotatable bonds is 6. The largest absolute Gasteiger partial charge is 0.333 e. The van der Waals surface area contributed by atoms with Crippen LogP contribution >= 0.6 is 11.8 Å². The maximum atomic E-state index is 12.4. The zero-order valence-electron chi connectivity index (χ0n) is 18.3. The minimum absolute atomic E-state index is 0.359. The predicted molar refractivity (Wildman–Crippen MR) is 132 cm³/mol. The summed E-state index contributed by atoms with van der Waals surface area (Å²) in [5.41, 5.74) is 7.96. The number of nitrogens with zero attached hydrogens (tertiary/aromatic N) is 4. The van der Waals surface area contributed by atoms with Crippen LogP contribution in [-0.2, 0) is 17.1 Å². The van der Waals surface area contributed by atoms with Gasteiger partial charge in [-0.05, 0) is 42.0 Å². The molecule has 5 aromatic rings. The molecule has 35 heavy (non-hydrogen) atoms. The molecule has 0 aliphatic rings. The highest BCUT2D eigenvalue weighted by molar-refractivity contribution is 7.98. The molecule has 0 saturated carbocycles. The molecule has 3 N–H and O–H groups in total.